The Kier molecular flexibility index (Phi) is 2.71. The number of hydrogen-bond acceptors (Lipinski definition) is 2. The van der Waals surface area contributed by atoms with Crippen LogP contribution in [0.4, 0.5) is 5.69 Å². The molecule has 1 rings (SSSR count). The fraction of sp³-hybridized carbons (Fsp3) is 0.400. The first-order valence-electron chi connectivity index (χ1n) is 4.21. The quantitative estimate of drug-likeness (QED) is 0.649. The number of nitrogens with two attached hydrogens (primary N) is 2. The highest BCUT2D eigenvalue weighted by atomic mass is 14.6. The van der Waals surface area contributed by atoms with E-state index in [0.29, 0.717) is 6.54 Å². The third-order valence-corrected chi connectivity index (χ3v) is 2.09. The number of nitrogen functional groups attached to an aromatic ring is 1. The molecule has 4 N–H and O–H groups in total. The summed E-state index contributed by atoms with van der Waals surface area (Å²) in [4.78, 5) is 0. The van der Waals surface area contributed by atoms with Crippen LogP contribution in [0.25, 0.3) is 0 Å². The summed E-state index contributed by atoms with van der Waals surface area (Å²) < 4.78 is 0. The summed E-state index contributed by atoms with van der Waals surface area (Å²) >= 11 is 0. The molecular weight excluding hydrogens is 148 g/mol. The van der Waals surface area contributed by atoms with E-state index in [2.05, 4.69) is 12.1 Å². The van der Waals surface area contributed by atoms with Gasteiger partial charge in [0.05, 0.1) is 0 Å². The fourth-order valence-electron chi connectivity index (χ4n) is 1.38. The Morgan fingerprint density at radius 3 is 2.08 bits per heavy atom. The Bertz CT molecular complexity index is 256. The lowest BCUT2D eigenvalue weighted by molar-refractivity contribution is 0.965. The van der Waals surface area contributed by atoms with Crippen LogP contribution in [0, 0.1) is 13.8 Å². The molecule has 0 saturated carbocycles. The van der Waals surface area contributed by atoms with Crippen LogP contribution in [0.5, 0.6) is 0 Å². The number of hydrogen-bond donors (Lipinski definition) is 2. The lowest BCUT2D eigenvalue weighted by Crippen LogP contribution is -2.04. The van der Waals surface area contributed by atoms with Gasteiger partial charge in [-0.15, -0.1) is 0 Å². The molecule has 0 fully saturated rings. The van der Waals surface area contributed by atoms with Crippen LogP contribution in [-0.4, -0.2) is 6.54 Å². The standard InChI is InChI=1S/C10H16N2/c1-7-5-9(3-4-11)6-8(2)10(7)12/h5-6H,3-4,11-12H2,1-2H3. The maximum atomic E-state index is 5.82. The smallest absolute Gasteiger partial charge is 0.0373 e. The molecule has 66 valence electrons. The maximum Gasteiger partial charge on any atom is 0.0373 e. The van der Waals surface area contributed by atoms with Gasteiger partial charge >= 0.3 is 0 Å². The third kappa shape index (κ3) is 1.77. The van der Waals surface area contributed by atoms with E-state index in [1.54, 1.807) is 0 Å². The number of benzene rings is 1. The zero-order valence-electron chi connectivity index (χ0n) is 7.72. The van der Waals surface area contributed by atoms with E-state index in [-0.39, 0.29) is 0 Å². The van der Waals surface area contributed by atoms with Crippen molar-refractivity contribution < 1.29 is 0 Å². The van der Waals surface area contributed by atoms with Gasteiger partial charge in [0.2, 0.25) is 0 Å². The van der Waals surface area contributed by atoms with Crippen LogP contribution < -0.4 is 11.5 Å². The second kappa shape index (κ2) is 3.59. The maximum absolute atomic E-state index is 5.82. The molecule has 1 aromatic rings. The van der Waals surface area contributed by atoms with Crippen LogP contribution in [-0.2, 0) is 6.42 Å². The summed E-state index contributed by atoms with van der Waals surface area (Å²) in [7, 11) is 0. The van der Waals surface area contributed by atoms with Crippen molar-refractivity contribution in [1.82, 2.24) is 0 Å². The fourth-order valence-corrected chi connectivity index (χ4v) is 1.38. The van der Waals surface area contributed by atoms with Gasteiger partial charge in [-0.25, -0.2) is 0 Å². The van der Waals surface area contributed by atoms with Crippen molar-refractivity contribution in [3.05, 3.63) is 28.8 Å². The molecule has 0 aromatic heterocycles. The molecule has 2 heteroatoms. The molecule has 0 saturated heterocycles. The van der Waals surface area contributed by atoms with Crippen LogP contribution in [0.15, 0.2) is 12.1 Å². The van der Waals surface area contributed by atoms with Gasteiger partial charge in [0.25, 0.3) is 0 Å². The highest BCUT2D eigenvalue weighted by Crippen LogP contribution is 2.18. The molecule has 0 spiro atoms. The van der Waals surface area contributed by atoms with Crippen LogP contribution in [0.1, 0.15) is 16.7 Å². The normalized spacial score (nSPS) is 10.2. The SMILES string of the molecule is Cc1cc(CCN)cc(C)c1N. The molecular formula is C10H16N2. The topological polar surface area (TPSA) is 52.0 Å². The summed E-state index contributed by atoms with van der Waals surface area (Å²) in [6, 6.07) is 4.21. The van der Waals surface area contributed by atoms with Gasteiger partial charge in [0.15, 0.2) is 0 Å². The summed E-state index contributed by atoms with van der Waals surface area (Å²) in [5.74, 6) is 0. The molecule has 0 unspecified atom stereocenters. The number of anilines is 1. The van der Waals surface area contributed by atoms with Crippen molar-refractivity contribution in [3.63, 3.8) is 0 Å². The second-order valence-electron chi connectivity index (χ2n) is 3.18. The first-order valence-corrected chi connectivity index (χ1v) is 4.21. The van der Waals surface area contributed by atoms with Crippen LogP contribution >= 0.6 is 0 Å². The molecule has 0 radical (unpaired) electrons. The zero-order valence-corrected chi connectivity index (χ0v) is 7.72. The van der Waals surface area contributed by atoms with Crippen molar-refractivity contribution in [2.75, 3.05) is 12.3 Å². The largest absolute Gasteiger partial charge is 0.398 e. The predicted molar refractivity (Wildman–Crippen MR) is 53.1 cm³/mol. The minimum absolute atomic E-state index is 0.697. The number of aryl methyl sites for hydroxylation is 2. The van der Waals surface area contributed by atoms with Crippen molar-refractivity contribution in [1.29, 1.82) is 0 Å². The lowest BCUT2D eigenvalue weighted by Gasteiger charge is -2.07. The van der Waals surface area contributed by atoms with E-state index in [1.165, 1.54) is 5.56 Å². The van der Waals surface area contributed by atoms with Crippen molar-refractivity contribution >= 4 is 5.69 Å². The van der Waals surface area contributed by atoms with E-state index in [1.807, 2.05) is 13.8 Å². The van der Waals surface area contributed by atoms with E-state index >= 15 is 0 Å². The van der Waals surface area contributed by atoms with Gasteiger partial charge in [-0.1, -0.05) is 12.1 Å². The Morgan fingerprint density at radius 2 is 1.67 bits per heavy atom. The zero-order chi connectivity index (χ0) is 9.14. The summed E-state index contributed by atoms with van der Waals surface area (Å²) in [6.45, 7) is 4.76. The van der Waals surface area contributed by atoms with Crippen LogP contribution in [0.3, 0.4) is 0 Å². The molecule has 0 aliphatic rings. The Balaban J connectivity index is 3.04. The van der Waals surface area contributed by atoms with Gasteiger partial charge in [0.1, 0.15) is 0 Å². The van der Waals surface area contributed by atoms with Crippen molar-refractivity contribution in [3.8, 4) is 0 Å². The average Bonchev–Trinajstić information content (AvgIpc) is 2.01. The Hall–Kier alpha value is -1.02. The summed E-state index contributed by atoms with van der Waals surface area (Å²) in [5.41, 5.74) is 15.8. The molecule has 2 nitrogen and oxygen atoms in total. The summed E-state index contributed by atoms with van der Waals surface area (Å²) in [5, 5.41) is 0. The average molecular weight is 164 g/mol. The van der Waals surface area contributed by atoms with Crippen molar-refractivity contribution in [2.24, 2.45) is 5.73 Å². The van der Waals surface area contributed by atoms with Gasteiger partial charge in [0, 0.05) is 5.69 Å². The molecule has 0 aliphatic carbocycles. The summed E-state index contributed by atoms with van der Waals surface area (Å²) in [6.07, 6.45) is 0.932. The third-order valence-electron chi connectivity index (χ3n) is 2.09. The molecule has 0 heterocycles. The van der Waals surface area contributed by atoms with Gasteiger partial charge < -0.3 is 11.5 Å². The number of rotatable bonds is 2. The van der Waals surface area contributed by atoms with Gasteiger partial charge in [-0.3, -0.25) is 0 Å². The van der Waals surface area contributed by atoms with Gasteiger partial charge in [-0.2, -0.15) is 0 Å². The Labute approximate surface area is 73.6 Å². The molecule has 0 aliphatic heterocycles. The molecule has 0 bridgehead atoms. The highest BCUT2D eigenvalue weighted by molar-refractivity contribution is 5.54. The van der Waals surface area contributed by atoms with E-state index in [9.17, 15) is 0 Å². The highest BCUT2D eigenvalue weighted by Gasteiger charge is 2.00. The van der Waals surface area contributed by atoms with E-state index in [4.69, 9.17) is 11.5 Å². The van der Waals surface area contributed by atoms with E-state index in [0.717, 1.165) is 23.2 Å². The van der Waals surface area contributed by atoms with E-state index < -0.39 is 0 Å². The molecule has 0 amide bonds. The molecule has 1 aromatic carbocycles. The monoisotopic (exact) mass is 164 g/mol. The minimum atomic E-state index is 0.697. The molecule has 0 atom stereocenters. The van der Waals surface area contributed by atoms with Crippen molar-refractivity contribution in [2.45, 2.75) is 20.3 Å². The second-order valence-corrected chi connectivity index (χ2v) is 3.18. The van der Waals surface area contributed by atoms with Gasteiger partial charge in [-0.05, 0) is 43.5 Å². The first-order chi connectivity index (χ1) is 5.65. The lowest BCUT2D eigenvalue weighted by atomic mass is 10.0. The minimum Gasteiger partial charge on any atom is -0.398 e. The molecule has 12 heavy (non-hydrogen) atoms. The predicted octanol–water partition coefficient (Wildman–Crippen LogP) is 1.39. The Morgan fingerprint density at radius 1 is 1.17 bits per heavy atom. The first kappa shape index (κ1) is 9.07. The van der Waals surface area contributed by atoms with Crippen LogP contribution in [0.2, 0.25) is 0 Å².